The number of anilines is 1. The summed E-state index contributed by atoms with van der Waals surface area (Å²) >= 11 is 0. The topological polar surface area (TPSA) is 90.0 Å². The molecule has 0 heterocycles. The minimum absolute atomic E-state index is 0.0115. The molecule has 1 N–H and O–H groups in total. The summed E-state index contributed by atoms with van der Waals surface area (Å²) in [6.07, 6.45) is 1.88. The fourth-order valence-corrected chi connectivity index (χ4v) is 5.21. The van der Waals surface area contributed by atoms with Crippen LogP contribution < -0.4 is 9.62 Å². The molecule has 40 heavy (non-hydrogen) atoms. The van der Waals surface area contributed by atoms with E-state index in [1.165, 1.54) is 31.1 Å². The van der Waals surface area contributed by atoms with Gasteiger partial charge in [-0.2, -0.15) is 12.7 Å². The molecule has 0 fully saturated rings. The maximum absolute atomic E-state index is 14.1. The van der Waals surface area contributed by atoms with Crippen LogP contribution in [0, 0.1) is 5.82 Å². The Labute approximate surface area is 236 Å². The minimum Gasteiger partial charge on any atom is -0.354 e. The van der Waals surface area contributed by atoms with Gasteiger partial charge in [0.2, 0.25) is 11.8 Å². The average Bonchev–Trinajstić information content (AvgIpc) is 2.95. The van der Waals surface area contributed by atoms with Gasteiger partial charge in [0.15, 0.2) is 0 Å². The first-order chi connectivity index (χ1) is 19.1. The maximum atomic E-state index is 14.1. The zero-order valence-electron chi connectivity index (χ0n) is 23.2. The van der Waals surface area contributed by atoms with Gasteiger partial charge in [0.1, 0.15) is 18.4 Å². The van der Waals surface area contributed by atoms with Gasteiger partial charge in [0.05, 0.1) is 5.69 Å². The Bertz CT molecular complexity index is 1340. The highest BCUT2D eigenvalue weighted by Gasteiger charge is 2.34. The van der Waals surface area contributed by atoms with Gasteiger partial charge in [-0.3, -0.25) is 9.59 Å². The number of carbonyl (C=O) groups excluding carboxylic acids is 2. The summed E-state index contributed by atoms with van der Waals surface area (Å²) in [6, 6.07) is 22.4. The molecule has 3 aromatic carbocycles. The summed E-state index contributed by atoms with van der Waals surface area (Å²) in [5.74, 6) is -1.33. The molecule has 1 atom stereocenters. The Kier molecular flexibility index (Phi) is 11.2. The smallest absolute Gasteiger partial charge is 0.304 e. The Hall–Kier alpha value is -3.76. The average molecular weight is 569 g/mol. The van der Waals surface area contributed by atoms with Crippen LogP contribution in [0.3, 0.4) is 0 Å². The molecule has 0 saturated carbocycles. The summed E-state index contributed by atoms with van der Waals surface area (Å²) in [5, 5.41) is 2.93. The van der Waals surface area contributed by atoms with Crippen LogP contribution in [0.25, 0.3) is 0 Å². The molecule has 214 valence electrons. The van der Waals surface area contributed by atoms with E-state index in [4.69, 9.17) is 0 Å². The summed E-state index contributed by atoms with van der Waals surface area (Å²) < 4.78 is 42.4. The molecular weight excluding hydrogens is 531 g/mol. The Balaban J connectivity index is 2.05. The maximum Gasteiger partial charge on any atom is 0.304 e. The highest BCUT2D eigenvalue weighted by Crippen LogP contribution is 2.21. The van der Waals surface area contributed by atoms with E-state index in [0.29, 0.717) is 17.8 Å². The summed E-state index contributed by atoms with van der Waals surface area (Å²) in [7, 11) is -1.26. The number of hydrogen-bond acceptors (Lipinski definition) is 4. The van der Waals surface area contributed by atoms with E-state index in [0.717, 1.165) is 27.0 Å². The van der Waals surface area contributed by atoms with Crippen molar-refractivity contribution in [1.29, 1.82) is 0 Å². The van der Waals surface area contributed by atoms with Crippen LogP contribution in [0.4, 0.5) is 10.1 Å². The zero-order valence-corrected chi connectivity index (χ0v) is 24.0. The van der Waals surface area contributed by atoms with Crippen molar-refractivity contribution < 1.29 is 22.4 Å². The van der Waals surface area contributed by atoms with Crippen molar-refractivity contribution in [3.8, 4) is 0 Å². The number of hydrogen-bond donors (Lipinski definition) is 1. The molecule has 8 nitrogen and oxygen atoms in total. The van der Waals surface area contributed by atoms with Gasteiger partial charge < -0.3 is 10.2 Å². The van der Waals surface area contributed by atoms with Crippen molar-refractivity contribution in [1.82, 2.24) is 14.5 Å². The van der Waals surface area contributed by atoms with E-state index in [9.17, 15) is 22.4 Å². The summed E-state index contributed by atoms with van der Waals surface area (Å²) in [6.45, 7) is 1.92. The SMILES string of the molecule is CCCCNC(=O)C(Cc1ccccc1)N(Cc1ccc(F)cc1)C(=O)CN(c1ccccc1)S(=O)(=O)N(C)C. The summed E-state index contributed by atoms with van der Waals surface area (Å²) in [5.41, 5.74) is 1.77. The second-order valence-corrected chi connectivity index (χ2v) is 11.7. The highest BCUT2D eigenvalue weighted by atomic mass is 32.2. The summed E-state index contributed by atoms with van der Waals surface area (Å²) in [4.78, 5) is 29.0. The number of amides is 2. The number of para-hydroxylation sites is 1. The van der Waals surface area contributed by atoms with Crippen LogP contribution in [0.5, 0.6) is 0 Å². The number of benzene rings is 3. The van der Waals surface area contributed by atoms with Crippen LogP contribution >= 0.6 is 0 Å². The second-order valence-electron chi connectivity index (χ2n) is 9.63. The van der Waals surface area contributed by atoms with Gasteiger partial charge in [-0.15, -0.1) is 0 Å². The molecule has 0 aliphatic carbocycles. The predicted molar refractivity (Wildman–Crippen MR) is 155 cm³/mol. The van der Waals surface area contributed by atoms with Crippen LogP contribution in [0.2, 0.25) is 0 Å². The Morgan fingerprint density at radius 1 is 0.875 bits per heavy atom. The van der Waals surface area contributed by atoms with E-state index in [1.54, 1.807) is 42.5 Å². The number of carbonyl (C=O) groups is 2. The van der Waals surface area contributed by atoms with Crippen molar-refractivity contribution in [3.05, 3.63) is 102 Å². The van der Waals surface area contributed by atoms with Gasteiger partial charge in [-0.1, -0.05) is 74.0 Å². The third-order valence-corrected chi connectivity index (χ3v) is 8.25. The first-order valence-electron chi connectivity index (χ1n) is 13.2. The lowest BCUT2D eigenvalue weighted by Crippen LogP contribution is -2.54. The Morgan fingerprint density at radius 2 is 1.48 bits per heavy atom. The lowest BCUT2D eigenvalue weighted by atomic mass is 10.0. The molecule has 0 radical (unpaired) electrons. The number of nitrogens with one attached hydrogen (secondary N) is 1. The standard InChI is InChI=1S/C30H37FN4O4S/c1-4-5-20-32-30(37)28(21-24-12-8-6-9-13-24)34(22-25-16-18-26(31)19-17-25)29(36)23-35(40(38,39)33(2)3)27-14-10-7-11-15-27/h6-19,28H,4-5,20-23H2,1-3H3,(H,32,37). The number of nitrogens with zero attached hydrogens (tertiary/aromatic N) is 3. The molecule has 0 spiro atoms. The van der Waals surface area contributed by atoms with E-state index in [2.05, 4.69) is 5.32 Å². The molecule has 10 heteroatoms. The van der Waals surface area contributed by atoms with E-state index in [-0.39, 0.29) is 18.9 Å². The molecule has 3 rings (SSSR count). The molecule has 0 aliphatic rings. The second kappa shape index (κ2) is 14.6. The van der Waals surface area contributed by atoms with Gasteiger partial charge in [0.25, 0.3) is 0 Å². The van der Waals surface area contributed by atoms with E-state index >= 15 is 0 Å². The minimum atomic E-state index is -4.05. The van der Waals surface area contributed by atoms with Gasteiger partial charge in [0, 0.05) is 33.6 Å². The van der Waals surface area contributed by atoms with Crippen molar-refractivity contribution >= 4 is 27.7 Å². The van der Waals surface area contributed by atoms with Gasteiger partial charge in [-0.25, -0.2) is 8.70 Å². The zero-order chi connectivity index (χ0) is 29.1. The first-order valence-corrected chi connectivity index (χ1v) is 14.6. The van der Waals surface area contributed by atoms with Gasteiger partial charge >= 0.3 is 10.2 Å². The molecule has 0 aromatic heterocycles. The fraction of sp³-hybridized carbons (Fsp3) is 0.333. The molecule has 1 unspecified atom stereocenters. The lowest BCUT2D eigenvalue weighted by molar-refractivity contribution is -0.140. The van der Waals surface area contributed by atoms with E-state index < -0.39 is 34.5 Å². The quantitative estimate of drug-likeness (QED) is 0.298. The number of halogens is 1. The van der Waals surface area contributed by atoms with E-state index in [1.807, 2.05) is 37.3 Å². The van der Waals surface area contributed by atoms with Crippen molar-refractivity contribution in [2.45, 2.75) is 38.8 Å². The molecule has 0 saturated heterocycles. The third-order valence-electron chi connectivity index (χ3n) is 6.43. The molecular formula is C30H37FN4O4S. The monoisotopic (exact) mass is 568 g/mol. The third kappa shape index (κ3) is 8.37. The van der Waals surface area contributed by atoms with Crippen molar-refractivity contribution in [2.75, 3.05) is 31.5 Å². The van der Waals surface area contributed by atoms with Gasteiger partial charge in [-0.05, 0) is 41.8 Å². The van der Waals surface area contributed by atoms with Crippen LogP contribution in [0.1, 0.15) is 30.9 Å². The number of unbranched alkanes of at least 4 members (excludes halogenated alkanes) is 1. The van der Waals surface area contributed by atoms with Crippen LogP contribution in [0.15, 0.2) is 84.9 Å². The Morgan fingerprint density at radius 3 is 2.05 bits per heavy atom. The largest absolute Gasteiger partial charge is 0.354 e. The van der Waals surface area contributed by atoms with Crippen LogP contribution in [-0.2, 0) is 32.8 Å². The van der Waals surface area contributed by atoms with Crippen molar-refractivity contribution in [2.24, 2.45) is 0 Å². The predicted octanol–water partition coefficient (Wildman–Crippen LogP) is 3.99. The molecule has 3 aromatic rings. The number of rotatable bonds is 14. The molecule has 0 aliphatic heterocycles. The van der Waals surface area contributed by atoms with Crippen LogP contribution in [-0.4, -0.2) is 62.7 Å². The normalized spacial score (nSPS) is 12.1. The lowest BCUT2D eigenvalue weighted by Gasteiger charge is -2.34. The highest BCUT2D eigenvalue weighted by molar-refractivity contribution is 7.90. The molecule has 0 bridgehead atoms. The van der Waals surface area contributed by atoms with Crippen molar-refractivity contribution in [3.63, 3.8) is 0 Å². The fourth-order valence-electron chi connectivity index (χ4n) is 4.16. The first kappa shape index (κ1) is 30.8. The molecule has 2 amide bonds.